The summed E-state index contributed by atoms with van der Waals surface area (Å²) in [5.41, 5.74) is 1.87. The van der Waals surface area contributed by atoms with Gasteiger partial charge in [0, 0.05) is 33.6 Å². The highest BCUT2D eigenvalue weighted by molar-refractivity contribution is 9.10. The van der Waals surface area contributed by atoms with E-state index in [1.54, 1.807) is 0 Å². The van der Waals surface area contributed by atoms with E-state index in [1.807, 2.05) is 24.4 Å². The number of nitrogens with one attached hydrogen (secondary N) is 1. The third-order valence-corrected chi connectivity index (χ3v) is 4.82. The minimum atomic E-state index is 0.282. The highest BCUT2D eigenvalue weighted by atomic mass is 79.9. The van der Waals surface area contributed by atoms with Crippen LogP contribution >= 0.6 is 15.9 Å². The first-order valence-corrected chi connectivity index (χ1v) is 7.84. The van der Waals surface area contributed by atoms with Crippen LogP contribution in [-0.2, 0) is 0 Å². The van der Waals surface area contributed by atoms with Gasteiger partial charge in [0.05, 0.1) is 0 Å². The van der Waals surface area contributed by atoms with E-state index in [2.05, 4.69) is 20.9 Å². The Morgan fingerprint density at radius 2 is 2.05 bits per heavy atom. The first-order valence-electron chi connectivity index (χ1n) is 7.04. The van der Waals surface area contributed by atoms with Crippen molar-refractivity contribution in [1.29, 1.82) is 0 Å². The number of halogens is 1. The van der Waals surface area contributed by atoms with E-state index in [1.165, 1.54) is 32.1 Å². The van der Waals surface area contributed by atoms with E-state index in [-0.39, 0.29) is 5.78 Å². The third kappa shape index (κ3) is 2.62. The summed E-state index contributed by atoms with van der Waals surface area (Å²) in [7, 11) is 0. The molecule has 3 rings (SSSR count). The molecule has 1 N–H and O–H groups in total. The van der Waals surface area contributed by atoms with Gasteiger partial charge in [-0.05, 0) is 18.1 Å². The van der Waals surface area contributed by atoms with Crippen LogP contribution in [0.25, 0.3) is 10.9 Å². The fourth-order valence-corrected chi connectivity index (χ4v) is 3.70. The van der Waals surface area contributed by atoms with Crippen LogP contribution in [0, 0.1) is 5.92 Å². The summed E-state index contributed by atoms with van der Waals surface area (Å²) in [5, 5.41) is 1.03. The molecule has 19 heavy (non-hydrogen) atoms. The first-order chi connectivity index (χ1) is 9.25. The number of carbonyl (C=O) groups is 1. The highest BCUT2D eigenvalue weighted by Gasteiger charge is 2.20. The molecular formula is C16H18BrNO. The maximum Gasteiger partial charge on any atom is 0.165 e. The largest absolute Gasteiger partial charge is 0.360 e. The fourth-order valence-electron chi connectivity index (χ4n) is 3.12. The van der Waals surface area contributed by atoms with Crippen molar-refractivity contribution < 1.29 is 4.79 Å². The molecule has 0 spiro atoms. The van der Waals surface area contributed by atoms with Crippen LogP contribution in [0.5, 0.6) is 0 Å². The molecule has 0 unspecified atom stereocenters. The maximum absolute atomic E-state index is 12.5. The van der Waals surface area contributed by atoms with E-state index >= 15 is 0 Å². The lowest BCUT2D eigenvalue weighted by Gasteiger charge is -2.20. The Hall–Kier alpha value is -1.09. The number of benzene rings is 1. The number of carbonyl (C=O) groups excluding carboxylic acids is 1. The summed E-state index contributed by atoms with van der Waals surface area (Å²) in [6.45, 7) is 0. The summed E-state index contributed by atoms with van der Waals surface area (Å²) in [6, 6.07) is 5.99. The molecule has 1 heterocycles. The summed E-state index contributed by atoms with van der Waals surface area (Å²) >= 11 is 3.55. The lowest BCUT2D eigenvalue weighted by atomic mass is 9.85. The second kappa shape index (κ2) is 5.49. The molecule has 2 nitrogen and oxygen atoms in total. The van der Waals surface area contributed by atoms with E-state index < -0.39 is 0 Å². The lowest BCUT2D eigenvalue weighted by Crippen LogP contribution is -2.12. The molecule has 0 saturated heterocycles. The predicted octanol–water partition coefficient (Wildman–Crippen LogP) is 5.08. The van der Waals surface area contributed by atoms with Crippen molar-refractivity contribution in [3.05, 3.63) is 34.4 Å². The topological polar surface area (TPSA) is 32.9 Å². The number of hydrogen-bond donors (Lipinski definition) is 1. The average molecular weight is 320 g/mol. The molecule has 0 aliphatic heterocycles. The molecule has 2 aromatic rings. The van der Waals surface area contributed by atoms with Gasteiger partial charge in [-0.25, -0.2) is 0 Å². The Balaban J connectivity index is 1.85. The van der Waals surface area contributed by atoms with Gasteiger partial charge in [-0.15, -0.1) is 0 Å². The van der Waals surface area contributed by atoms with Gasteiger partial charge in [-0.3, -0.25) is 4.79 Å². The minimum absolute atomic E-state index is 0.282. The molecule has 1 aliphatic carbocycles. The molecule has 1 aliphatic rings. The minimum Gasteiger partial charge on any atom is -0.360 e. The summed E-state index contributed by atoms with van der Waals surface area (Å²) in [6.07, 6.45) is 8.91. The van der Waals surface area contributed by atoms with Crippen LogP contribution in [0.4, 0.5) is 0 Å². The van der Waals surface area contributed by atoms with Gasteiger partial charge in [-0.2, -0.15) is 0 Å². The Bertz CT molecular complexity index is 596. The lowest BCUT2D eigenvalue weighted by molar-refractivity contribution is 0.0952. The molecule has 0 radical (unpaired) electrons. The summed E-state index contributed by atoms with van der Waals surface area (Å²) in [5.74, 6) is 0.874. The van der Waals surface area contributed by atoms with E-state index in [0.717, 1.165) is 20.9 Å². The van der Waals surface area contributed by atoms with Crippen molar-refractivity contribution in [3.8, 4) is 0 Å². The predicted molar refractivity (Wildman–Crippen MR) is 81.5 cm³/mol. The zero-order chi connectivity index (χ0) is 13.2. The molecule has 0 atom stereocenters. The van der Waals surface area contributed by atoms with Crippen LogP contribution in [0.2, 0.25) is 0 Å². The molecule has 0 amide bonds. The van der Waals surface area contributed by atoms with Gasteiger partial charge in [-0.1, -0.05) is 54.1 Å². The van der Waals surface area contributed by atoms with E-state index in [0.29, 0.717) is 12.3 Å². The van der Waals surface area contributed by atoms with Crippen LogP contribution in [0.1, 0.15) is 48.9 Å². The molecule has 3 heteroatoms. The Morgan fingerprint density at radius 3 is 2.84 bits per heavy atom. The van der Waals surface area contributed by atoms with Crippen molar-refractivity contribution in [2.75, 3.05) is 0 Å². The quantitative estimate of drug-likeness (QED) is 0.786. The van der Waals surface area contributed by atoms with Gasteiger partial charge >= 0.3 is 0 Å². The van der Waals surface area contributed by atoms with E-state index in [4.69, 9.17) is 0 Å². The SMILES string of the molecule is O=C(CC1CCCCC1)c1c[nH]c2cccc(Br)c12. The molecule has 1 aromatic carbocycles. The van der Waals surface area contributed by atoms with Crippen molar-refractivity contribution in [3.63, 3.8) is 0 Å². The zero-order valence-corrected chi connectivity index (χ0v) is 12.5. The zero-order valence-electron chi connectivity index (χ0n) is 10.9. The maximum atomic E-state index is 12.5. The highest BCUT2D eigenvalue weighted by Crippen LogP contribution is 2.31. The van der Waals surface area contributed by atoms with Crippen molar-refractivity contribution >= 4 is 32.6 Å². The average Bonchev–Trinajstić information content (AvgIpc) is 2.85. The summed E-state index contributed by atoms with van der Waals surface area (Å²) in [4.78, 5) is 15.7. The first kappa shape index (κ1) is 12.9. The van der Waals surface area contributed by atoms with Crippen molar-refractivity contribution in [2.45, 2.75) is 38.5 Å². The van der Waals surface area contributed by atoms with Crippen molar-refractivity contribution in [1.82, 2.24) is 4.98 Å². The third-order valence-electron chi connectivity index (χ3n) is 4.15. The van der Waals surface area contributed by atoms with Crippen molar-refractivity contribution in [2.24, 2.45) is 5.92 Å². The van der Waals surface area contributed by atoms with Crippen LogP contribution < -0.4 is 0 Å². The molecule has 1 fully saturated rings. The smallest absolute Gasteiger partial charge is 0.165 e. The monoisotopic (exact) mass is 319 g/mol. The standard InChI is InChI=1S/C16H18BrNO/c17-13-7-4-8-14-16(13)12(10-18-14)15(19)9-11-5-2-1-3-6-11/h4,7-8,10-11,18H,1-3,5-6,9H2. The number of fused-ring (bicyclic) bond motifs is 1. The molecule has 1 aromatic heterocycles. The van der Waals surface area contributed by atoms with Gasteiger partial charge in [0.1, 0.15) is 0 Å². The second-order valence-corrected chi connectivity index (χ2v) is 6.35. The van der Waals surface area contributed by atoms with Crippen LogP contribution in [0.15, 0.2) is 28.9 Å². The number of aromatic amines is 1. The Labute approximate surface area is 121 Å². The molecular weight excluding hydrogens is 302 g/mol. The van der Waals surface area contributed by atoms with Crippen LogP contribution in [-0.4, -0.2) is 10.8 Å². The molecule has 100 valence electrons. The Morgan fingerprint density at radius 1 is 1.26 bits per heavy atom. The fraction of sp³-hybridized carbons (Fsp3) is 0.438. The number of Topliss-reactive ketones (excluding diaryl/α,β-unsaturated/α-hetero) is 1. The Kier molecular flexibility index (Phi) is 3.74. The number of ketones is 1. The van der Waals surface area contributed by atoms with Gasteiger partial charge in [0.25, 0.3) is 0 Å². The summed E-state index contributed by atoms with van der Waals surface area (Å²) < 4.78 is 0.998. The normalized spacial score (nSPS) is 16.9. The number of H-pyrrole nitrogens is 1. The van der Waals surface area contributed by atoms with Gasteiger partial charge in [0.15, 0.2) is 5.78 Å². The van der Waals surface area contributed by atoms with Crippen LogP contribution in [0.3, 0.4) is 0 Å². The number of hydrogen-bond acceptors (Lipinski definition) is 1. The van der Waals surface area contributed by atoms with Gasteiger partial charge in [0.2, 0.25) is 0 Å². The second-order valence-electron chi connectivity index (χ2n) is 5.50. The number of rotatable bonds is 3. The molecule has 1 saturated carbocycles. The number of aromatic nitrogens is 1. The molecule has 0 bridgehead atoms. The van der Waals surface area contributed by atoms with E-state index in [9.17, 15) is 4.79 Å². The van der Waals surface area contributed by atoms with Gasteiger partial charge < -0.3 is 4.98 Å².